The third-order valence-electron chi connectivity index (χ3n) is 2.97. The fourth-order valence-corrected chi connectivity index (χ4v) is 1.39. The van der Waals surface area contributed by atoms with Gasteiger partial charge in [-0.1, -0.05) is 12.1 Å². The maximum absolute atomic E-state index is 12.0. The molecular formula is C14H19F3N2O2. The molecule has 2 N–H and O–H groups in total. The van der Waals surface area contributed by atoms with Crippen LogP contribution in [0.25, 0.3) is 0 Å². The van der Waals surface area contributed by atoms with Gasteiger partial charge < -0.3 is 15.4 Å². The van der Waals surface area contributed by atoms with Crippen molar-refractivity contribution < 1.29 is 22.7 Å². The van der Waals surface area contributed by atoms with Crippen molar-refractivity contribution in [1.29, 1.82) is 0 Å². The van der Waals surface area contributed by atoms with Gasteiger partial charge in [0.1, 0.15) is 5.75 Å². The molecule has 0 bridgehead atoms. The van der Waals surface area contributed by atoms with Gasteiger partial charge in [-0.2, -0.15) is 13.2 Å². The van der Waals surface area contributed by atoms with Crippen molar-refractivity contribution in [2.75, 3.05) is 13.7 Å². The molecule has 1 rings (SSSR count). The molecule has 0 heterocycles. The molecule has 0 fully saturated rings. The fraction of sp³-hybridized carbons (Fsp3) is 0.500. The second-order valence-corrected chi connectivity index (χ2v) is 5.11. The first-order valence-corrected chi connectivity index (χ1v) is 6.40. The molecular weight excluding hydrogens is 285 g/mol. The van der Waals surface area contributed by atoms with Gasteiger partial charge in [0, 0.05) is 6.54 Å². The van der Waals surface area contributed by atoms with Crippen molar-refractivity contribution in [3.8, 4) is 5.75 Å². The Morgan fingerprint density at radius 2 is 1.76 bits per heavy atom. The molecule has 0 saturated carbocycles. The minimum Gasteiger partial charge on any atom is -0.484 e. The van der Waals surface area contributed by atoms with Crippen LogP contribution in [-0.4, -0.2) is 31.3 Å². The molecule has 0 spiro atoms. The van der Waals surface area contributed by atoms with Gasteiger partial charge in [-0.25, -0.2) is 0 Å². The zero-order chi connectivity index (χ0) is 16.1. The van der Waals surface area contributed by atoms with Crippen LogP contribution in [0.15, 0.2) is 24.3 Å². The zero-order valence-electron chi connectivity index (χ0n) is 12.2. The third-order valence-corrected chi connectivity index (χ3v) is 2.97. The molecule has 4 nitrogen and oxygen atoms in total. The van der Waals surface area contributed by atoms with E-state index in [1.807, 2.05) is 0 Å². The molecule has 7 heteroatoms. The number of benzene rings is 1. The first-order chi connectivity index (χ1) is 9.64. The van der Waals surface area contributed by atoms with Crippen molar-refractivity contribution in [3.63, 3.8) is 0 Å². The van der Waals surface area contributed by atoms with Gasteiger partial charge in [-0.15, -0.1) is 0 Å². The number of halogens is 3. The van der Waals surface area contributed by atoms with E-state index in [2.05, 4.69) is 15.4 Å². The molecule has 21 heavy (non-hydrogen) atoms. The second-order valence-electron chi connectivity index (χ2n) is 5.11. The van der Waals surface area contributed by atoms with Gasteiger partial charge in [-0.05, 0) is 38.6 Å². The maximum Gasteiger partial charge on any atom is 0.422 e. The smallest absolute Gasteiger partial charge is 0.422 e. The van der Waals surface area contributed by atoms with E-state index < -0.39 is 18.3 Å². The normalized spacial score (nSPS) is 12.1. The highest BCUT2D eigenvalue weighted by atomic mass is 19.4. The van der Waals surface area contributed by atoms with Crippen LogP contribution in [-0.2, 0) is 11.3 Å². The average molecular weight is 304 g/mol. The lowest BCUT2D eigenvalue weighted by atomic mass is 10.1. The monoisotopic (exact) mass is 304 g/mol. The summed E-state index contributed by atoms with van der Waals surface area (Å²) >= 11 is 0. The number of carbonyl (C=O) groups excluding carboxylic acids is 1. The van der Waals surface area contributed by atoms with E-state index in [4.69, 9.17) is 0 Å². The largest absolute Gasteiger partial charge is 0.484 e. The number of nitrogens with one attached hydrogen (secondary N) is 2. The summed E-state index contributed by atoms with van der Waals surface area (Å²) in [4.78, 5) is 11.8. The summed E-state index contributed by atoms with van der Waals surface area (Å²) in [5.41, 5.74) is 0.0880. The quantitative estimate of drug-likeness (QED) is 0.847. The average Bonchev–Trinajstić information content (AvgIpc) is 2.42. The highest BCUT2D eigenvalue weighted by molar-refractivity contribution is 5.85. The summed E-state index contributed by atoms with van der Waals surface area (Å²) in [5, 5.41) is 5.62. The minimum atomic E-state index is -4.36. The predicted octanol–water partition coefficient (Wildman–Crippen LogP) is 2.24. The summed E-state index contributed by atoms with van der Waals surface area (Å²) in [6.45, 7) is 2.47. The van der Waals surface area contributed by atoms with Crippen LogP contribution in [0, 0.1) is 0 Å². The van der Waals surface area contributed by atoms with Crippen LogP contribution in [0.5, 0.6) is 5.75 Å². The van der Waals surface area contributed by atoms with Crippen molar-refractivity contribution >= 4 is 5.91 Å². The van der Waals surface area contributed by atoms with Crippen molar-refractivity contribution in [2.45, 2.75) is 32.1 Å². The molecule has 0 aliphatic carbocycles. The fourth-order valence-electron chi connectivity index (χ4n) is 1.39. The van der Waals surface area contributed by atoms with E-state index in [1.165, 1.54) is 12.1 Å². The SMILES string of the molecule is CNC(C)(C)C(=O)NCc1ccc(OCC(F)(F)F)cc1. The highest BCUT2D eigenvalue weighted by Crippen LogP contribution is 2.18. The van der Waals surface area contributed by atoms with E-state index in [0.29, 0.717) is 6.54 Å². The number of rotatable bonds is 6. The Bertz CT molecular complexity index is 470. The number of alkyl halides is 3. The molecule has 1 aromatic carbocycles. The number of carbonyl (C=O) groups is 1. The number of hydrogen-bond acceptors (Lipinski definition) is 3. The van der Waals surface area contributed by atoms with E-state index in [0.717, 1.165) is 5.56 Å². The summed E-state index contributed by atoms with van der Waals surface area (Å²) < 4.78 is 40.6. The Morgan fingerprint density at radius 3 is 2.24 bits per heavy atom. The topological polar surface area (TPSA) is 50.4 Å². The summed E-state index contributed by atoms with van der Waals surface area (Å²) in [7, 11) is 1.69. The Balaban J connectivity index is 2.50. The van der Waals surface area contributed by atoms with Gasteiger partial charge in [0.15, 0.2) is 6.61 Å². The van der Waals surface area contributed by atoms with Gasteiger partial charge in [0.2, 0.25) is 5.91 Å². The molecule has 1 amide bonds. The van der Waals surface area contributed by atoms with Crippen LogP contribution in [0.4, 0.5) is 13.2 Å². The lowest BCUT2D eigenvalue weighted by Gasteiger charge is -2.22. The number of ether oxygens (including phenoxy) is 1. The minimum absolute atomic E-state index is 0.137. The van der Waals surface area contributed by atoms with Crippen LogP contribution in [0.1, 0.15) is 19.4 Å². The van der Waals surface area contributed by atoms with Crippen LogP contribution < -0.4 is 15.4 Å². The second kappa shape index (κ2) is 6.80. The van der Waals surface area contributed by atoms with Gasteiger partial charge >= 0.3 is 6.18 Å². The number of likely N-dealkylation sites (N-methyl/N-ethyl adjacent to an activating group) is 1. The lowest BCUT2D eigenvalue weighted by molar-refractivity contribution is -0.153. The predicted molar refractivity (Wildman–Crippen MR) is 73.0 cm³/mol. The van der Waals surface area contributed by atoms with Crippen molar-refractivity contribution in [2.24, 2.45) is 0 Å². The molecule has 1 aromatic rings. The third kappa shape index (κ3) is 6.03. The van der Waals surface area contributed by atoms with Gasteiger partial charge in [0.05, 0.1) is 5.54 Å². The van der Waals surface area contributed by atoms with Crippen LogP contribution in [0.2, 0.25) is 0 Å². The molecule has 0 aliphatic rings. The summed E-state index contributed by atoms with van der Waals surface area (Å²) in [6.07, 6.45) is -4.36. The summed E-state index contributed by atoms with van der Waals surface area (Å²) in [6, 6.07) is 6.10. The maximum atomic E-state index is 12.0. The highest BCUT2D eigenvalue weighted by Gasteiger charge is 2.28. The Kier molecular flexibility index (Phi) is 5.60. The van der Waals surface area contributed by atoms with E-state index in [9.17, 15) is 18.0 Å². The van der Waals surface area contributed by atoms with Crippen LogP contribution >= 0.6 is 0 Å². The van der Waals surface area contributed by atoms with Crippen molar-refractivity contribution in [1.82, 2.24) is 10.6 Å². The van der Waals surface area contributed by atoms with Gasteiger partial charge in [0.25, 0.3) is 0 Å². The first-order valence-electron chi connectivity index (χ1n) is 6.40. The van der Waals surface area contributed by atoms with Gasteiger partial charge in [-0.3, -0.25) is 4.79 Å². The Hall–Kier alpha value is -1.76. The number of amides is 1. The Labute approximate surface area is 121 Å². The van der Waals surface area contributed by atoms with Crippen LogP contribution in [0.3, 0.4) is 0 Å². The Morgan fingerprint density at radius 1 is 1.19 bits per heavy atom. The number of hydrogen-bond donors (Lipinski definition) is 2. The standard InChI is InChI=1S/C14H19F3N2O2/c1-13(2,18-3)12(20)19-8-10-4-6-11(7-5-10)21-9-14(15,16)17/h4-7,18H,8-9H2,1-3H3,(H,19,20). The zero-order valence-corrected chi connectivity index (χ0v) is 12.2. The molecule has 0 saturated heterocycles. The molecule has 0 unspecified atom stereocenters. The molecule has 0 atom stereocenters. The van der Waals surface area contributed by atoms with E-state index in [-0.39, 0.29) is 11.7 Å². The molecule has 0 aliphatic heterocycles. The van der Waals surface area contributed by atoms with E-state index >= 15 is 0 Å². The summed E-state index contributed by atoms with van der Waals surface area (Å²) in [5.74, 6) is -0.0274. The lowest BCUT2D eigenvalue weighted by Crippen LogP contribution is -2.50. The molecule has 0 aromatic heterocycles. The van der Waals surface area contributed by atoms with Crippen molar-refractivity contribution in [3.05, 3.63) is 29.8 Å². The molecule has 118 valence electrons. The van der Waals surface area contributed by atoms with E-state index in [1.54, 1.807) is 33.0 Å². The molecule has 0 radical (unpaired) electrons. The first kappa shape index (κ1) is 17.3.